The topological polar surface area (TPSA) is 27.7 Å². The SMILES string of the molecule is C#CCOCc1ccc(Oc2ccc(OC)cc2)cc1. The molecule has 3 nitrogen and oxygen atoms in total. The van der Waals surface area contributed by atoms with Crippen molar-refractivity contribution in [2.24, 2.45) is 0 Å². The van der Waals surface area contributed by atoms with Crippen LogP contribution in [0, 0.1) is 12.3 Å². The summed E-state index contributed by atoms with van der Waals surface area (Å²) in [4.78, 5) is 0. The molecule has 2 aromatic rings. The van der Waals surface area contributed by atoms with Crippen molar-refractivity contribution in [1.29, 1.82) is 0 Å². The smallest absolute Gasteiger partial charge is 0.127 e. The highest BCUT2D eigenvalue weighted by Crippen LogP contribution is 2.24. The third-order valence-corrected chi connectivity index (χ3v) is 2.67. The van der Waals surface area contributed by atoms with Crippen molar-refractivity contribution >= 4 is 0 Å². The molecule has 0 radical (unpaired) electrons. The second-order valence-electron chi connectivity index (χ2n) is 4.12. The highest BCUT2D eigenvalue weighted by Gasteiger charge is 1.99. The van der Waals surface area contributed by atoms with Crippen LogP contribution < -0.4 is 9.47 Å². The van der Waals surface area contributed by atoms with Crippen molar-refractivity contribution in [3.63, 3.8) is 0 Å². The Kier molecular flexibility index (Phi) is 5.05. The third kappa shape index (κ3) is 4.04. The number of benzene rings is 2. The first kappa shape index (κ1) is 14.0. The zero-order valence-corrected chi connectivity index (χ0v) is 11.3. The van der Waals surface area contributed by atoms with Gasteiger partial charge in [0, 0.05) is 0 Å². The largest absolute Gasteiger partial charge is 0.497 e. The van der Waals surface area contributed by atoms with Crippen LogP contribution in [0.2, 0.25) is 0 Å². The molecule has 0 saturated heterocycles. The predicted octanol–water partition coefficient (Wildman–Crippen LogP) is 3.64. The van der Waals surface area contributed by atoms with Gasteiger partial charge in [0.05, 0.1) is 13.7 Å². The number of hydrogen-bond donors (Lipinski definition) is 0. The minimum atomic E-state index is 0.324. The Bertz CT molecular complexity index is 565. The molecule has 2 rings (SSSR count). The summed E-state index contributed by atoms with van der Waals surface area (Å²) in [7, 11) is 1.64. The molecule has 0 saturated carbocycles. The molecule has 0 aliphatic rings. The summed E-state index contributed by atoms with van der Waals surface area (Å²) in [5.41, 5.74) is 1.06. The number of hydrogen-bond acceptors (Lipinski definition) is 3. The first-order chi connectivity index (χ1) is 9.81. The van der Waals surface area contributed by atoms with E-state index in [-0.39, 0.29) is 0 Å². The van der Waals surface area contributed by atoms with E-state index in [0.29, 0.717) is 13.2 Å². The lowest BCUT2D eigenvalue weighted by Crippen LogP contribution is -1.93. The molecular weight excluding hydrogens is 252 g/mol. The Hall–Kier alpha value is -2.44. The van der Waals surface area contributed by atoms with Gasteiger partial charge in [-0.1, -0.05) is 18.1 Å². The van der Waals surface area contributed by atoms with Crippen molar-refractivity contribution in [3.05, 3.63) is 54.1 Å². The van der Waals surface area contributed by atoms with E-state index in [4.69, 9.17) is 20.6 Å². The van der Waals surface area contributed by atoms with Gasteiger partial charge in [0.1, 0.15) is 23.9 Å². The summed E-state index contributed by atoms with van der Waals surface area (Å²) in [6, 6.07) is 15.2. The van der Waals surface area contributed by atoms with Crippen LogP contribution in [0.1, 0.15) is 5.56 Å². The Morgan fingerprint density at radius 1 is 0.900 bits per heavy atom. The van der Waals surface area contributed by atoms with Crippen LogP contribution in [0.25, 0.3) is 0 Å². The molecule has 0 amide bonds. The average Bonchev–Trinajstić information content (AvgIpc) is 2.50. The number of terminal acetylenes is 1. The molecule has 0 aliphatic carbocycles. The summed E-state index contributed by atoms with van der Waals surface area (Å²) >= 11 is 0. The predicted molar refractivity (Wildman–Crippen MR) is 78.0 cm³/mol. The first-order valence-electron chi connectivity index (χ1n) is 6.24. The molecule has 0 N–H and O–H groups in total. The van der Waals surface area contributed by atoms with Gasteiger partial charge in [-0.3, -0.25) is 0 Å². The number of ether oxygens (including phenoxy) is 3. The van der Waals surface area contributed by atoms with Crippen LogP contribution in [0.5, 0.6) is 17.2 Å². The molecule has 0 aliphatic heterocycles. The highest BCUT2D eigenvalue weighted by molar-refractivity contribution is 5.36. The summed E-state index contributed by atoms with van der Waals surface area (Å²) in [6.45, 7) is 0.830. The minimum absolute atomic E-state index is 0.324. The van der Waals surface area contributed by atoms with Gasteiger partial charge in [0.25, 0.3) is 0 Å². The molecule has 2 aromatic carbocycles. The molecule has 0 spiro atoms. The van der Waals surface area contributed by atoms with Crippen LogP contribution in [0.15, 0.2) is 48.5 Å². The van der Waals surface area contributed by atoms with Crippen molar-refractivity contribution < 1.29 is 14.2 Å². The van der Waals surface area contributed by atoms with Crippen molar-refractivity contribution in [3.8, 4) is 29.6 Å². The first-order valence-corrected chi connectivity index (χ1v) is 6.24. The lowest BCUT2D eigenvalue weighted by atomic mass is 10.2. The molecule has 0 heterocycles. The van der Waals surface area contributed by atoms with Gasteiger partial charge in [0.15, 0.2) is 0 Å². The van der Waals surface area contributed by atoms with Crippen LogP contribution in [0.4, 0.5) is 0 Å². The van der Waals surface area contributed by atoms with E-state index in [1.807, 2.05) is 48.5 Å². The number of methoxy groups -OCH3 is 1. The van der Waals surface area contributed by atoms with E-state index in [0.717, 1.165) is 22.8 Å². The lowest BCUT2D eigenvalue weighted by Gasteiger charge is -2.07. The third-order valence-electron chi connectivity index (χ3n) is 2.67. The van der Waals surface area contributed by atoms with Crippen molar-refractivity contribution in [2.45, 2.75) is 6.61 Å². The lowest BCUT2D eigenvalue weighted by molar-refractivity contribution is 0.153. The molecule has 0 atom stereocenters. The summed E-state index contributed by atoms with van der Waals surface area (Å²) in [5.74, 6) is 4.78. The van der Waals surface area contributed by atoms with Gasteiger partial charge in [0.2, 0.25) is 0 Å². The van der Waals surface area contributed by atoms with E-state index in [1.165, 1.54) is 0 Å². The summed E-state index contributed by atoms with van der Waals surface area (Å²) in [5, 5.41) is 0. The van der Waals surface area contributed by atoms with E-state index in [9.17, 15) is 0 Å². The van der Waals surface area contributed by atoms with Crippen molar-refractivity contribution in [1.82, 2.24) is 0 Å². The van der Waals surface area contributed by atoms with Crippen LogP contribution in [-0.4, -0.2) is 13.7 Å². The second-order valence-corrected chi connectivity index (χ2v) is 4.12. The van der Waals surface area contributed by atoms with E-state index >= 15 is 0 Å². The molecular formula is C17H16O3. The Morgan fingerprint density at radius 3 is 2.00 bits per heavy atom. The van der Waals surface area contributed by atoms with Crippen molar-refractivity contribution in [2.75, 3.05) is 13.7 Å². The fourth-order valence-electron chi connectivity index (χ4n) is 1.66. The molecule has 102 valence electrons. The molecule has 20 heavy (non-hydrogen) atoms. The van der Waals surface area contributed by atoms with Crippen LogP contribution in [-0.2, 0) is 11.3 Å². The average molecular weight is 268 g/mol. The van der Waals surface area contributed by atoms with Gasteiger partial charge in [-0.25, -0.2) is 0 Å². The summed E-state index contributed by atoms with van der Waals surface area (Å²) < 4.78 is 16.1. The fourth-order valence-corrected chi connectivity index (χ4v) is 1.66. The van der Waals surface area contributed by atoms with Gasteiger partial charge >= 0.3 is 0 Å². The second kappa shape index (κ2) is 7.22. The zero-order chi connectivity index (χ0) is 14.2. The van der Waals surface area contributed by atoms with Gasteiger partial charge in [-0.05, 0) is 42.0 Å². The maximum atomic E-state index is 5.73. The van der Waals surface area contributed by atoms with Crippen LogP contribution in [0.3, 0.4) is 0 Å². The van der Waals surface area contributed by atoms with Gasteiger partial charge in [-0.15, -0.1) is 6.42 Å². The quantitative estimate of drug-likeness (QED) is 0.591. The molecule has 0 aromatic heterocycles. The van der Waals surface area contributed by atoms with Gasteiger partial charge < -0.3 is 14.2 Å². The maximum Gasteiger partial charge on any atom is 0.127 e. The van der Waals surface area contributed by atoms with E-state index in [1.54, 1.807) is 7.11 Å². The Labute approximate surface area is 119 Å². The Balaban J connectivity index is 1.94. The molecule has 3 heteroatoms. The van der Waals surface area contributed by atoms with E-state index < -0.39 is 0 Å². The van der Waals surface area contributed by atoms with Gasteiger partial charge in [-0.2, -0.15) is 0 Å². The Morgan fingerprint density at radius 2 is 1.45 bits per heavy atom. The normalized spacial score (nSPS) is 9.80. The minimum Gasteiger partial charge on any atom is -0.497 e. The number of rotatable bonds is 6. The summed E-state index contributed by atoms with van der Waals surface area (Å²) in [6.07, 6.45) is 5.12. The zero-order valence-electron chi connectivity index (χ0n) is 11.3. The maximum absolute atomic E-state index is 5.73. The fraction of sp³-hybridized carbons (Fsp3) is 0.176. The standard InChI is InChI=1S/C17H16O3/c1-3-12-19-13-14-4-6-16(7-5-14)20-17-10-8-15(18-2)9-11-17/h1,4-11H,12-13H2,2H3. The molecule has 0 unspecified atom stereocenters. The molecule has 0 fully saturated rings. The highest BCUT2D eigenvalue weighted by atomic mass is 16.5. The van der Waals surface area contributed by atoms with Crippen LogP contribution >= 0.6 is 0 Å². The van der Waals surface area contributed by atoms with E-state index in [2.05, 4.69) is 5.92 Å². The molecule has 0 bridgehead atoms. The monoisotopic (exact) mass is 268 g/mol.